The summed E-state index contributed by atoms with van der Waals surface area (Å²) < 4.78 is 6.39. The highest BCUT2D eigenvalue weighted by Crippen LogP contribution is 2.61. The minimum atomic E-state index is -0.538. The number of amides is 2. The lowest BCUT2D eigenvalue weighted by Gasteiger charge is -2.35. The van der Waals surface area contributed by atoms with Gasteiger partial charge in [0.15, 0.2) is 5.75 Å². The van der Waals surface area contributed by atoms with Gasteiger partial charge in [-0.3, -0.25) is 9.59 Å². The minimum Gasteiger partial charge on any atom is -0.455 e. The van der Waals surface area contributed by atoms with Crippen LogP contribution in [0.15, 0.2) is 109 Å². The van der Waals surface area contributed by atoms with E-state index in [-0.39, 0.29) is 23.9 Å². The SMILES string of the molecule is O=C1[C@@H]2[C@H](C(=O)N1c1ccccc1)[C@@H](c1ccccc1)N1c3ccccc3Oc3ccccc3[C@@H]21. The van der Waals surface area contributed by atoms with Crippen molar-refractivity contribution in [3.05, 3.63) is 120 Å². The third-order valence-corrected chi connectivity index (χ3v) is 7.43. The Morgan fingerprint density at radius 3 is 1.89 bits per heavy atom. The van der Waals surface area contributed by atoms with Crippen molar-refractivity contribution >= 4 is 23.2 Å². The van der Waals surface area contributed by atoms with Gasteiger partial charge in [0.05, 0.1) is 35.3 Å². The van der Waals surface area contributed by atoms with Gasteiger partial charge in [0.1, 0.15) is 5.75 Å². The molecule has 3 heterocycles. The molecule has 0 radical (unpaired) electrons. The van der Waals surface area contributed by atoms with Gasteiger partial charge in [-0.1, -0.05) is 78.9 Å². The summed E-state index contributed by atoms with van der Waals surface area (Å²) in [5, 5.41) is 0. The molecule has 3 aliphatic heterocycles. The number of carbonyl (C=O) groups excluding carboxylic acids is 2. The summed E-state index contributed by atoms with van der Waals surface area (Å²) in [5.41, 5.74) is 3.45. The van der Waals surface area contributed by atoms with Gasteiger partial charge in [-0.15, -0.1) is 0 Å². The minimum absolute atomic E-state index is 0.149. The number of para-hydroxylation sites is 4. The summed E-state index contributed by atoms with van der Waals surface area (Å²) in [4.78, 5) is 31.8. The van der Waals surface area contributed by atoms with Crippen LogP contribution in [0.2, 0.25) is 0 Å². The van der Waals surface area contributed by atoms with E-state index in [0.29, 0.717) is 5.69 Å². The maximum absolute atomic E-state index is 14.1. The zero-order valence-electron chi connectivity index (χ0n) is 18.8. The second-order valence-corrected chi connectivity index (χ2v) is 9.21. The molecule has 3 aliphatic rings. The standard InChI is InChI=1S/C30H22N2O3/c33-29-25-26(30(34)31(29)20-13-5-2-6-14-20)28-21-15-7-9-17-23(21)35-24-18-10-8-16-22(24)32(28)27(25)19-11-3-1-4-12-19/h1-18,25-28H/t25-,26+,27+,28-/m0/s1. The van der Waals surface area contributed by atoms with Crippen LogP contribution in [0, 0.1) is 11.8 Å². The fourth-order valence-corrected chi connectivity index (χ4v) is 6.08. The molecule has 170 valence electrons. The summed E-state index contributed by atoms with van der Waals surface area (Å²) >= 11 is 0. The van der Waals surface area contributed by atoms with Crippen molar-refractivity contribution in [2.24, 2.45) is 11.8 Å². The predicted octanol–water partition coefficient (Wildman–Crippen LogP) is 5.90. The normalized spacial score (nSPS) is 24.2. The lowest BCUT2D eigenvalue weighted by Crippen LogP contribution is -2.38. The first-order chi connectivity index (χ1) is 17.2. The van der Waals surface area contributed by atoms with E-state index in [2.05, 4.69) is 4.90 Å². The zero-order valence-corrected chi connectivity index (χ0v) is 18.8. The van der Waals surface area contributed by atoms with E-state index < -0.39 is 11.8 Å². The number of ether oxygens (including phenoxy) is 1. The third-order valence-electron chi connectivity index (χ3n) is 7.43. The second kappa shape index (κ2) is 7.57. The van der Waals surface area contributed by atoms with E-state index in [1.807, 2.05) is 109 Å². The number of hydrogen-bond donors (Lipinski definition) is 0. The monoisotopic (exact) mass is 458 g/mol. The maximum Gasteiger partial charge on any atom is 0.240 e. The molecular weight excluding hydrogens is 436 g/mol. The van der Waals surface area contributed by atoms with Gasteiger partial charge >= 0.3 is 0 Å². The fourth-order valence-electron chi connectivity index (χ4n) is 6.08. The number of imide groups is 1. The molecule has 0 aliphatic carbocycles. The van der Waals surface area contributed by atoms with Gasteiger partial charge in [0, 0.05) is 5.56 Å². The molecule has 7 rings (SSSR count). The Morgan fingerprint density at radius 2 is 1.14 bits per heavy atom. The highest BCUT2D eigenvalue weighted by molar-refractivity contribution is 6.23. The van der Waals surface area contributed by atoms with Crippen LogP contribution >= 0.6 is 0 Å². The zero-order chi connectivity index (χ0) is 23.5. The van der Waals surface area contributed by atoms with Crippen molar-refractivity contribution in [1.29, 1.82) is 0 Å². The first kappa shape index (κ1) is 20.0. The van der Waals surface area contributed by atoms with Crippen LogP contribution < -0.4 is 14.5 Å². The average Bonchev–Trinajstić information content (AvgIpc) is 3.33. The van der Waals surface area contributed by atoms with Gasteiger partial charge in [0.25, 0.3) is 0 Å². The maximum atomic E-state index is 14.1. The Bertz CT molecular complexity index is 1450. The summed E-state index contributed by atoms with van der Waals surface area (Å²) in [6.45, 7) is 0. The van der Waals surface area contributed by atoms with E-state index in [4.69, 9.17) is 4.74 Å². The molecule has 5 heteroatoms. The Labute approximate surface area is 203 Å². The summed E-state index contributed by atoms with van der Waals surface area (Å²) in [5.74, 6) is 0.0810. The number of hydrogen-bond acceptors (Lipinski definition) is 4. The second-order valence-electron chi connectivity index (χ2n) is 9.21. The number of nitrogens with zero attached hydrogens (tertiary/aromatic N) is 2. The van der Waals surface area contributed by atoms with Gasteiger partial charge in [-0.05, 0) is 35.9 Å². The Morgan fingerprint density at radius 1 is 0.571 bits per heavy atom. The molecule has 0 saturated carbocycles. The molecular formula is C30H22N2O3. The first-order valence-corrected chi connectivity index (χ1v) is 11.9. The van der Waals surface area contributed by atoms with Gasteiger partial charge in [-0.25, -0.2) is 4.90 Å². The Balaban J connectivity index is 1.49. The molecule has 4 atom stereocenters. The Hall–Kier alpha value is -4.38. The van der Waals surface area contributed by atoms with Crippen molar-refractivity contribution < 1.29 is 14.3 Å². The molecule has 0 spiro atoms. The Kier molecular flexibility index (Phi) is 4.33. The number of anilines is 2. The van der Waals surface area contributed by atoms with E-state index in [0.717, 1.165) is 28.3 Å². The van der Waals surface area contributed by atoms with Crippen LogP contribution in [-0.4, -0.2) is 11.8 Å². The van der Waals surface area contributed by atoms with Crippen molar-refractivity contribution in [3.8, 4) is 11.5 Å². The molecule has 2 saturated heterocycles. The molecule has 2 fully saturated rings. The van der Waals surface area contributed by atoms with Gasteiger partial charge in [0.2, 0.25) is 11.8 Å². The summed E-state index contributed by atoms with van der Waals surface area (Å²) in [6.07, 6.45) is 0. The fraction of sp³-hybridized carbons (Fsp3) is 0.133. The van der Waals surface area contributed by atoms with Crippen LogP contribution in [0.25, 0.3) is 0 Å². The van der Waals surface area contributed by atoms with Crippen LogP contribution in [-0.2, 0) is 9.59 Å². The molecule has 4 aromatic carbocycles. The average molecular weight is 459 g/mol. The number of benzene rings is 4. The summed E-state index contributed by atoms with van der Waals surface area (Å²) in [7, 11) is 0. The topological polar surface area (TPSA) is 49.9 Å². The van der Waals surface area contributed by atoms with Gasteiger partial charge in [-0.2, -0.15) is 0 Å². The van der Waals surface area contributed by atoms with E-state index in [9.17, 15) is 9.59 Å². The molecule has 2 amide bonds. The van der Waals surface area contributed by atoms with Crippen molar-refractivity contribution in [2.45, 2.75) is 12.1 Å². The van der Waals surface area contributed by atoms with Crippen molar-refractivity contribution in [2.75, 3.05) is 9.80 Å². The quantitative estimate of drug-likeness (QED) is 0.351. The smallest absolute Gasteiger partial charge is 0.240 e. The van der Waals surface area contributed by atoms with E-state index in [1.165, 1.54) is 4.90 Å². The highest BCUT2D eigenvalue weighted by atomic mass is 16.5. The molecule has 0 N–H and O–H groups in total. The molecule has 35 heavy (non-hydrogen) atoms. The van der Waals surface area contributed by atoms with E-state index in [1.54, 1.807) is 0 Å². The van der Waals surface area contributed by atoms with E-state index >= 15 is 0 Å². The predicted molar refractivity (Wildman–Crippen MR) is 133 cm³/mol. The number of fused-ring (bicyclic) bond motifs is 7. The lowest BCUT2D eigenvalue weighted by atomic mass is 9.84. The van der Waals surface area contributed by atoms with Crippen LogP contribution in [0.1, 0.15) is 23.2 Å². The lowest BCUT2D eigenvalue weighted by molar-refractivity contribution is -0.123. The molecule has 4 aromatic rings. The van der Waals surface area contributed by atoms with Crippen molar-refractivity contribution in [3.63, 3.8) is 0 Å². The molecule has 0 aromatic heterocycles. The molecule has 0 bridgehead atoms. The highest BCUT2D eigenvalue weighted by Gasteiger charge is 2.64. The summed E-state index contributed by atoms with van der Waals surface area (Å²) in [6, 6.07) is 34.4. The largest absolute Gasteiger partial charge is 0.455 e. The van der Waals surface area contributed by atoms with Crippen LogP contribution in [0.4, 0.5) is 11.4 Å². The van der Waals surface area contributed by atoms with Gasteiger partial charge < -0.3 is 9.64 Å². The number of rotatable bonds is 2. The van der Waals surface area contributed by atoms with Crippen molar-refractivity contribution in [1.82, 2.24) is 0 Å². The molecule has 0 unspecified atom stereocenters. The molecule has 5 nitrogen and oxygen atoms in total. The van der Waals surface area contributed by atoms with Crippen LogP contribution in [0.3, 0.4) is 0 Å². The third kappa shape index (κ3) is 2.81. The number of carbonyl (C=O) groups is 2. The first-order valence-electron chi connectivity index (χ1n) is 11.9. The van der Waals surface area contributed by atoms with Crippen LogP contribution in [0.5, 0.6) is 11.5 Å².